The fourth-order valence-electron chi connectivity index (χ4n) is 1.54. The highest BCUT2D eigenvalue weighted by molar-refractivity contribution is 5.85. The summed E-state index contributed by atoms with van der Waals surface area (Å²) in [6.07, 6.45) is 4.19. The van der Waals surface area contributed by atoms with Crippen LogP contribution >= 0.6 is 0 Å². The molecule has 1 aromatic carbocycles. The fourth-order valence-corrected chi connectivity index (χ4v) is 1.54. The number of hydrogen-bond acceptors (Lipinski definition) is 3. The molecule has 1 heterocycles. The van der Waals surface area contributed by atoms with Gasteiger partial charge in [0.25, 0.3) is 0 Å². The molecule has 4 nitrogen and oxygen atoms in total. The molecule has 82 valence electrons. The van der Waals surface area contributed by atoms with Gasteiger partial charge in [0.1, 0.15) is 0 Å². The lowest BCUT2D eigenvalue weighted by Gasteiger charge is -2.04. The number of nitrogens with zero attached hydrogens (tertiary/aromatic N) is 3. The SMILES string of the molecule is ON=C(Cc1ccccc1)Cn1cccn1. The zero-order valence-electron chi connectivity index (χ0n) is 8.82. The van der Waals surface area contributed by atoms with Gasteiger partial charge in [-0.1, -0.05) is 35.5 Å². The first-order valence-electron chi connectivity index (χ1n) is 5.09. The van der Waals surface area contributed by atoms with Crippen LogP contribution in [0.3, 0.4) is 0 Å². The molecule has 1 aromatic heterocycles. The second kappa shape index (κ2) is 5.11. The number of benzene rings is 1. The Hall–Kier alpha value is -2.10. The van der Waals surface area contributed by atoms with Gasteiger partial charge in [-0.2, -0.15) is 5.10 Å². The van der Waals surface area contributed by atoms with Crippen LogP contribution < -0.4 is 0 Å². The van der Waals surface area contributed by atoms with Crippen LogP contribution in [0.5, 0.6) is 0 Å². The van der Waals surface area contributed by atoms with E-state index in [1.54, 1.807) is 10.9 Å². The van der Waals surface area contributed by atoms with Gasteiger partial charge < -0.3 is 5.21 Å². The molecule has 0 saturated carbocycles. The van der Waals surface area contributed by atoms with Crippen LogP contribution in [0.4, 0.5) is 0 Å². The molecular weight excluding hydrogens is 202 g/mol. The molecule has 0 aliphatic rings. The average molecular weight is 215 g/mol. The lowest BCUT2D eigenvalue weighted by atomic mass is 10.1. The van der Waals surface area contributed by atoms with Crippen LogP contribution in [-0.4, -0.2) is 20.7 Å². The molecule has 0 atom stereocenters. The van der Waals surface area contributed by atoms with Crippen molar-refractivity contribution in [3.8, 4) is 0 Å². The minimum absolute atomic E-state index is 0.512. The Morgan fingerprint density at radius 2 is 2.06 bits per heavy atom. The second-order valence-corrected chi connectivity index (χ2v) is 3.53. The van der Waals surface area contributed by atoms with E-state index in [9.17, 15) is 0 Å². The summed E-state index contributed by atoms with van der Waals surface area (Å²) in [6.45, 7) is 0.512. The van der Waals surface area contributed by atoms with Crippen molar-refractivity contribution in [3.63, 3.8) is 0 Å². The van der Waals surface area contributed by atoms with Crippen molar-refractivity contribution >= 4 is 5.71 Å². The van der Waals surface area contributed by atoms with E-state index < -0.39 is 0 Å². The molecule has 16 heavy (non-hydrogen) atoms. The van der Waals surface area contributed by atoms with Crippen LogP contribution in [-0.2, 0) is 13.0 Å². The van der Waals surface area contributed by atoms with E-state index in [2.05, 4.69) is 10.3 Å². The Balaban J connectivity index is 2.02. The third-order valence-corrected chi connectivity index (χ3v) is 2.30. The smallest absolute Gasteiger partial charge is 0.0828 e. The average Bonchev–Trinajstić information content (AvgIpc) is 2.82. The minimum atomic E-state index is 0.512. The van der Waals surface area contributed by atoms with Crippen LogP contribution in [0, 0.1) is 0 Å². The van der Waals surface area contributed by atoms with Crippen molar-refractivity contribution < 1.29 is 5.21 Å². The molecule has 0 aliphatic carbocycles. The molecule has 0 saturated heterocycles. The van der Waals surface area contributed by atoms with E-state index in [0.717, 1.165) is 5.56 Å². The van der Waals surface area contributed by atoms with Crippen LogP contribution in [0.1, 0.15) is 5.56 Å². The van der Waals surface area contributed by atoms with E-state index in [1.165, 1.54) is 0 Å². The van der Waals surface area contributed by atoms with Crippen molar-refractivity contribution in [2.45, 2.75) is 13.0 Å². The first kappa shape index (κ1) is 10.4. The highest BCUT2D eigenvalue weighted by atomic mass is 16.4. The van der Waals surface area contributed by atoms with Crippen molar-refractivity contribution in [1.29, 1.82) is 0 Å². The van der Waals surface area contributed by atoms with Gasteiger partial charge in [0.2, 0.25) is 0 Å². The summed E-state index contributed by atoms with van der Waals surface area (Å²) in [6, 6.07) is 11.8. The van der Waals surface area contributed by atoms with Crippen molar-refractivity contribution in [1.82, 2.24) is 9.78 Å². The second-order valence-electron chi connectivity index (χ2n) is 3.53. The lowest BCUT2D eigenvalue weighted by molar-refractivity contribution is 0.315. The summed E-state index contributed by atoms with van der Waals surface area (Å²) in [5.74, 6) is 0. The molecule has 0 spiro atoms. The maximum Gasteiger partial charge on any atom is 0.0828 e. The molecule has 0 radical (unpaired) electrons. The normalized spacial score (nSPS) is 11.6. The Morgan fingerprint density at radius 1 is 1.25 bits per heavy atom. The summed E-state index contributed by atoms with van der Waals surface area (Å²) in [5, 5.41) is 16.3. The summed E-state index contributed by atoms with van der Waals surface area (Å²) >= 11 is 0. The van der Waals surface area contributed by atoms with E-state index in [4.69, 9.17) is 5.21 Å². The maximum atomic E-state index is 8.93. The Kier molecular flexibility index (Phi) is 3.33. The summed E-state index contributed by atoms with van der Waals surface area (Å²) in [5.41, 5.74) is 1.82. The number of oxime groups is 1. The van der Waals surface area contributed by atoms with Gasteiger partial charge >= 0.3 is 0 Å². The third-order valence-electron chi connectivity index (χ3n) is 2.30. The fraction of sp³-hybridized carbons (Fsp3) is 0.167. The number of rotatable bonds is 4. The molecule has 4 heteroatoms. The standard InChI is InChI=1S/C12H13N3O/c16-14-12(10-15-8-4-7-13-15)9-11-5-2-1-3-6-11/h1-8,16H,9-10H2. The predicted molar refractivity (Wildman–Crippen MR) is 61.6 cm³/mol. The van der Waals surface area contributed by atoms with Crippen LogP contribution in [0.15, 0.2) is 53.9 Å². The van der Waals surface area contributed by atoms with E-state index in [-0.39, 0.29) is 0 Å². The number of aromatic nitrogens is 2. The van der Waals surface area contributed by atoms with Gasteiger partial charge in [0.15, 0.2) is 0 Å². The molecule has 0 amide bonds. The topological polar surface area (TPSA) is 50.4 Å². The van der Waals surface area contributed by atoms with Gasteiger partial charge in [0, 0.05) is 18.8 Å². The van der Waals surface area contributed by atoms with Gasteiger partial charge in [-0.15, -0.1) is 0 Å². The summed E-state index contributed by atoms with van der Waals surface area (Å²) < 4.78 is 1.73. The number of hydrogen-bond donors (Lipinski definition) is 1. The first-order chi connectivity index (χ1) is 7.88. The first-order valence-corrected chi connectivity index (χ1v) is 5.09. The molecule has 0 unspecified atom stereocenters. The summed E-state index contributed by atoms with van der Waals surface area (Å²) in [7, 11) is 0. The summed E-state index contributed by atoms with van der Waals surface area (Å²) in [4.78, 5) is 0. The van der Waals surface area contributed by atoms with Crippen molar-refractivity contribution in [2.75, 3.05) is 0 Å². The molecule has 0 aliphatic heterocycles. The zero-order valence-corrected chi connectivity index (χ0v) is 8.82. The van der Waals surface area contributed by atoms with Crippen LogP contribution in [0.2, 0.25) is 0 Å². The van der Waals surface area contributed by atoms with E-state index in [1.807, 2.05) is 42.6 Å². The molecule has 2 aromatic rings. The Labute approximate surface area is 93.8 Å². The van der Waals surface area contributed by atoms with Crippen molar-refractivity contribution in [2.24, 2.45) is 5.16 Å². The van der Waals surface area contributed by atoms with Gasteiger partial charge in [-0.25, -0.2) is 0 Å². The lowest BCUT2D eigenvalue weighted by Crippen LogP contribution is -2.13. The zero-order chi connectivity index (χ0) is 11.2. The molecule has 0 fully saturated rings. The van der Waals surface area contributed by atoms with E-state index in [0.29, 0.717) is 18.7 Å². The quantitative estimate of drug-likeness (QED) is 0.481. The van der Waals surface area contributed by atoms with Crippen molar-refractivity contribution in [3.05, 3.63) is 54.4 Å². The molecular formula is C12H13N3O. The Bertz CT molecular complexity index is 448. The van der Waals surface area contributed by atoms with Gasteiger partial charge in [-0.05, 0) is 11.6 Å². The third kappa shape index (κ3) is 2.70. The highest BCUT2D eigenvalue weighted by Gasteiger charge is 2.03. The highest BCUT2D eigenvalue weighted by Crippen LogP contribution is 2.02. The minimum Gasteiger partial charge on any atom is -0.411 e. The monoisotopic (exact) mass is 215 g/mol. The van der Waals surface area contributed by atoms with Gasteiger partial charge in [-0.3, -0.25) is 4.68 Å². The van der Waals surface area contributed by atoms with Crippen LogP contribution in [0.25, 0.3) is 0 Å². The predicted octanol–water partition coefficient (Wildman–Crippen LogP) is 1.96. The Morgan fingerprint density at radius 3 is 2.69 bits per heavy atom. The molecule has 0 bridgehead atoms. The van der Waals surface area contributed by atoms with E-state index >= 15 is 0 Å². The molecule has 2 rings (SSSR count). The molecule has 1 N–H and O–H groups in total. The largest absolute Gasteiger partial charge is 0.411 e. The maximum absolute atomic E-state index is 8.93. The van der Waals surface area contributed by atoms with Gasteiger partial charge in [0.05, 0.1) is 12.3 Å².